The van der Waals surface area contributed by atoms with Gasteiger partial charge in [0.1, 0.15) is 0 Å². The Hall–Kier alpha value is -1.85. The molecule has 2 saturated carbocycles. The van der Waals surface area contributed by atoms with Crippen LogP contribution < -0.4 is 10.1 Å². The summed E-state index contributed by atoms with van der Waals surface area (Å²) in [4.78, 5) is 23.0. The summed E-state index contributed by atoms with van der Waals surface area (Å²) >= 11 is 0. The van der Waals surface area contributed by atoms with E-state index in [0.717, 1.165) is 69.8 Å². The number of hydrogen-bond acceptors (Lipinski definition) is 5. The highest BCUT2D eigenvalue weighted by atomic mass is 16.5. The third-order valence-electron chi connectivity index (χ3n) is 5.64. The van der Waals surface area contributed by atoms with E-state index in [1.807, 2.05) is 0 Å². The molecule has 6 heteroatoms. The predicted molar refractivity (Wildman–Crippen MR) is 95.5 cm³/mol. The molecule has 1 N–H and O–H groups in total. The van der Waals surface area contributed by atoms with E-state index in [-0.39, 0.29) is 0 Å². The summed E-state index contributed by atoms with van der Waals surface area (Å²) < 4.78 is 5.68. The molecular weight excluding hydrogens is 316 g/mol. The van der Waals surface area contributed by atoms with Gasteiger partial charge in [0.25, 0.3) is 0 Å². The standard InChI is InChI=1S/C19H28N4O2/c24-18-3-1-2-10-23(18)16-8-6-15(7-9-16)22-19-20-11-17(12-21-19)25-13-14-4-5-14/h11-12,14-16H,1-10,13H2,(H,20,21,22). The number of carbonyl (C=O) groups excluding carboxylic acids is 1. The van der Waals surface area contributed by atoms with Gasteiger partial charge < -0.3 is 15.0 Å². The van der Waals surface area contributed by atoms with Gasteiger partial charge in [0.15, 0.2) is 5.75 Å². The Labute approximate surface area is 149 Å². The molecule has 1 aromatic rings. The molecule has 4 rings (SSSR count). The zero-order valence-corrected chi connectivity index (χ0v) is 14.8. The van der Waals surface area contributed by atoms with Gasteiger partial charge in [0.05, 0.1) is 19.0 Å². The second kappa shape index (κ2) is 7.58. The predicted octanol–water partition coefficient (Wildman–Crippen LogP) is 3.00. The Morgan fingerprint density at radius 3 is 2.52 bits per heavy atom. The number of nitrogens with one attached hydrogen (secondary N) is 1. The molecule has 1 aliphatic heterocycles. The van der Waals surface area contributed by atoms with Crippen molar-refractivity contribution in [1.82, 2.24) is 14.9 Å². The topological polar surface area (TPSA) is 67.4 Å². The number of rotatable bonds is 6. The molecule has 3 aliphatic rings. The molecule has 2 heterocycles. The normalized spacial score (nSPS) is 27.2. The number of hydrogen-bond donors (Lipinski definition) is 1. The summed E-state index contributed by atoms with van der Waals surface area (Å²) in [5, 5.41) is 3.44. The van der Waals surface area contributed by atoms with Gasteiger partial charge in [-0.15, -0.1) is 0 Å². The summed E-state index contributed by atoms with van der Waals surface area (Å²) in [7, 11) is 0. The quantitative estimate of drug-likeness (QED) is 0.859. The third-order valence-corrected chi connectivity index (χ3v) is 5.64. The van der Waals surface area contributed by atoms with E-state index in [1.54, 1.807) is 12.4 Å². The van der Waals surface area contributed by atoms with E-state index >= 15 is 0 Å². The first-order valence-electron chi connectivity index (χ1n) is 9.79. The molecule has 0 aromatic carbocycles. The molecule has 3 fully saturated rings. The Morgan fingerprint density at radius 2 is 1.84 bits per heavy atom. The van der Waals surface area contributed by atoms with Crippen molar-refractivity contribution in [3.05, 3.63) is 12.4 Å². The van der Waals surface area contributed by atoms with Crippen LogP contribution in [0.4, 0.5) is 5.95 Å². The van der Waals surface area contributed by atoms with Crippen molar-refractivity contribution in [3.63, 3.8) is 0 Å². The lowest BCUT2D eigenvalue weighted by Gasteiger charge is -2.39. The maximum Gasteiger partial charge on any atom is 0.223 e. The first-order chi connectivity index (χ1) is 12.3. The van der Waals surface area contributed by atoms with Gasteiger partial charge >= 0.3 is 0 Å². The number of ether oxygens (including phenoxy) is 1. The molecule has 0 bridgehead atoms. The van der Waals surface area contributed by atoms with Crippen LogP contribution in [0.15, 0.2) is 12.4 Å². The zero-order chi connectivity index (χ0) is 17.1. The largest absolute Gasteiger partial charge is 0.490 e. The number of nitrogens with zero attached hydrogens (tertiary/aromatic N) is 3. The molecule has 0 unspecified atom stereocenters. The summed E-state index contributed by atoms with van der Waals surface area (Å²) in [5.74, 6) is 2.52. The van der Waals surface area contributed by atoms with Crippen molar-refractivity contribution >= 4 is 11.9 Å². The monoisotopic (exact) mass is 344 g/mol. The van der Waals surface area contributed by atoms with Crippen LogP contribution in [-0.4, -0.2) is 46.0 Å². The van der Waals surface area contributed by atoms with Gasteiger partial charge in [0.2, 0.25) is 11.9 Å². The average Bonchev–Trinajstić information content (AvgIpc) is 3.47. The van der Waals surface area contributed by atoms with Gasteiger partial charge in [-0.2, -0.15) is 0 Å². The number of amides is 1. The molecule has 25 heavy (non-hydrogen) atoms. The van der Waals surface area contributed by atoms with Gasteiger partial charge in [-0.1, -0.05) is 0 Å². The molecule has 136 valence electrons. The van der Waals surface area contributed by atoms with E-state index in [2.05, 4.69) is 20.2 Å². The molecule has 0 radical (unpaired) electrons. The lowest BCUT2D eigenvalue weighted by molar-refractivity contribution is -0.136. The van der Waals surface area contributed by atoms with Gasteiger partial charge in [-0.3, -0.25) is 4.79 Å². The molecule has 6 nitrogen and oxygen atoms in total. The Morgan fingerprint density at radius 1 is 1.08 bits per heavy atom. The second-order valence-corrected chi connectivity index (χ2v) is 7.69. The van der Waals surface area contributed by atoms with Crippen LogP contribution in [0.3, 0.4) is 0 Å². The molecular formula is C19H28N4O2. The SMILES string of the molecule is O=C1CCCCN1C1CCC(Nc2ncc(OCC3CC3)cn2)CC1. The maximum atomic E-state index is 12.1. The third kappa shape index (κ3) is 4.41. The number of likely N-dealkylation sites (tertiary alicyclic amines) is 1. The lowest BCUT2D eigenvalue weighted by atomic mass is 9.89. The number of anilines is 1. The van der Waals surface area contributed by atoms with Gasteiger partial charge in [0, 0.05) is 25.0 Å². The van der Waals surface area contributed by atoms with Crippen molar-refractivity contribution < 1.29 is 9.53 Å². The van der Waals surface area contributed by atoms with Crippen LogP contribution in [0.2, 0.25) is 0 Å². The van der Waals surface area contributed by atoms with E-state index < -0.39 is 0 Å². The fraction of sp³-hybridized carbons (Fsp3) is 0.737. The smallest absolute Gasteiger partial charge is 0.223 e. The highest BCUT2D eigenvalue weighted by Crippen LogP contribution is 2.30. The van der Waals surface area contributed by atoms with Crippen molar-refractivity contribution in [2.75, 3.05) is 18.5 Å². The first-order valence-corrected chi connectivity index (χ1v) is 9.79. The highest BCUT2D eigenvalue weighted by Gasteiger charge is 2.30. The molecule has 2 aliphatic carbocycles. The van der Waals surface area contributed by atoms with Crippen LogP contribution in [0.5, 0.6) is 5.75 Å². The van der Waals surface area contributed by atoms with Crippen LogP contribution in [0, 0.1) is 5.92 Å². The summed E-state index contributed by atoms with van der Waals surface area (Å²) in [6.07, 6.45) is 13.3. The van der Waals surface area contributed by atoms with Crippen LogP contribution in [0.25, 0.3) is 0 Å². The second-order valence-electron chi connectivity index (χ2n) is 7.69. The van der Waals surface area contributed by atoms with Crippen LogP contribution >= 0.6 is 0 Å². The fourth-order valence-electron chi connectivity index (χ4n) is 3.89. The molecule has 0 spiro atoms. The van der Waals surface area contributed by atoms with E-state index in [0.29, 0.717) is 23.9 Å². The summed E-state index contributed by atoms with van der Waals surface area (Å²) in [6, 6.07) is 0.833. The van der Waals surface area contributed by atoms with E-state index in [9.17, 15) is 4.79 Å². The molecule has 1 amide bonds. The summed E-state index contributed by atoms with van der Waals surface area (Å²) in [5.41, 5.74) is 0. The highest BCUT2D eigenvalue weighted by molar-refractivity contribution is 5.77. The van der Waals surface area contributed by atoms with Gasteiger partial charge in [-0.05, 0) is 57.3 Å². The van der Waals surface area contributed by atoms with Crippen molar-refractivity contribution in [2.24, 2.45) is 5.92 Å². The lowest BCUT2D eigenvalue weighted by Crippen LogP contribution is -2.46. The van der Waals surface area contributed by atoms with Crippen molar-refractivity contribution in [3.8, 4) is 5.75 Å². The van der Waals surface area contributed by atoms with E-state index in [1.165, 1.54) is 12.8 Å². The minimum Gasteiger partial charge on any atom is -0.490 e. The number of carbonyl (C=O) groups is 1. The van der Waals surface area contributed by atoms with Gasteiger partial charge in [-0.25, -0.2) is 9.97 Å². The minimum atomic E-state index is 0.354. The van der Waals surface area contributed by atoms with E-state index in [4.69, 9.17) is 4.74 Å². The Balaban J connectivity index is 1.23. The summed E-state index contributed by atoms with van der Waals surface area (Å²) in [6.45, 7) is 1.74. The van der Waals surface area contributed by atoms with Crippen molar-refractivity contribution in [1.29, 1.82) is 0 Å². The number of piperidine rings is 1. The molecule has 1 aromatic heterocycles. The number of aromatic nitrogens is 2. The molecule has 1 saturated heterocycles. The molecule has 0 atom stereocenters. The van der Waals surface area contributed by atoms with Crippen LogP contribution in [-0.2, 0) is 4.79 Å². The average molecular weight is 344 g/mol. The maximum absolute atomic E-state index is 12.1. The zero-order valence-electron chi connectivity index (χ0n) is 14.8. The van der Waals surface area contributed by atoms with Crippen molar-refractivity contribution in [2.45, 2.75) is 69.9 Å². The first kappa shape index (κ1) is 16.6. The minimum absolute atomic E-state index is 0.354. The Kier molecular flexibility index (Phi) is 5.04. The Bertz CT molecular complexity index is 580. The van der Waals surface area contributed by atoms with Crippen LogP contribution in [0.1, 0.15) is 57.8 Å². The fourth-order valence-corrected chi connectivity index (χ4v) is 3.89.